The van der Waals surface area contributed by atoms with Crippen LogP contribution in [0.25, 0.3) is 5.69 Å². The van der Waals surface area contributed by atoms with E-state index in [2.05, 4.69) is 67.4 Å². The zero-order valence-corrected chi connectivity index (χ0v) is 13.6. The number of aromatic nitrogens is 3. The first kappa shape index (κ1) is 15.7. The summed E-state index contributed by atoms with van der Waals surface area (Å²) in [6, 6.07) is 9.10. The van der Waals surface area contributed by atoms with Crippen LogP contribution in [0.5, 0.6) is 0 Å². The molecule has 4 heteroatoms. The van der Waals surface area contributed by atoms with Crippen LogP contribution >= 0.6 is 0 Å². The minimum Gasteiger partial charge on any atom is -0.310 e. The molecule has 0 aliphatic heterocycles. The normalized spacial score (nSPS) is 12.6. The second-order valence-electron chi connectivity index (χ2n) is 5.17. The molecule has 1 atom stereocenters. The van der Waals surface area contributed by atoms with Gasteiger partial charge >= 0.3 is 0 Å². The van der Waals surface area contributed by atoms with E-state index in [0.717, 1.165) is 43.1 Å². The monoisotopic (exact) mass is 286 g/mol. The van der Waals surface area contributed by atoms with Gasteiger partial charge in [-0.3, -0.25) is 0 Å². The van der Waals surface area contributed by atoms with Crippen molar-refractivity contribution in [2.75, 3.05) is 6.54 Å². The molecule has 2 rings (SSSR count). The van der Waals surface area contributed by atoms with Crippen LogP contribution < -0.4 is 5.32 Å². The third kappa shape index (κ3) is 3.50. The van der Waals surface area contributed by atoms with Crippen LogP contribution in [0.3, 0.4) is 0 Å². The Labute approximate surface area is 127 Å². The predicted molar refractivity (Wildman–Crippen MR) is 86.8 cm³/mol. The summed E-state index contributed by atoms with van der Waals surface area (Å²) in [5, 5.41) is 8.10. The summed E-state index contributed by atoms with van der Waals surface area (Å²) in [5.41, 5.74) is 2.42. The van der Waals surface area contributed by atoms with E-state index in [-0.39, 0.29) is 0 Å². The second-order valence-corrected chi connectivity index (χ2v) is 5.17. The van der Waals surface area contributed by atoms with Crippen LogP contribution in [0.1, 0.15) is 57.4 Å². The van der Waals surface area contributed by atoms with Crippen LogP contribution in [0.4, 0.5) is 0 Å². The Kier molecular flexibility index (Phi) is 5.51. The Hall–Kier alpha value is -1.68. The maximum absolute atomic E-state index is 4.59. The molecule has 0 aliphatic rings. The van der Waals surface area contributed by atoms with Gasteiger partial charge in [0.15, 0.2) is 5.82 Å². The van der Waals surface area contributed by atoms with Crippen molar-refractivity contribution in [1.29, 1.82) is 0 Å². The second kappa shape index (κ2) is 7.36. The van der Waals surface area contributed by atoms with Crippen molar-refractivity contribution < 1.29 is 0 Å². The van der Waals surface area contributed by atoms with Crippen molar-refractivity contribution in [1.82, 2.24) is 20.1 Å². The number of aryl methyl sites for hydroxylation is 2. The molecule has 1 aromatic carbocycles. The molecular weight excluding hydrogens is 260 g/mol. The van der Waals surface area contributed by atoms with Gasteiger partial charge in [0.05, 0.1) is 5.69 Å². The summed E-state index contributed by atoms with van der Waals surface area (Å²) >= 11 is 0. The molecule has 0 spiro atoms. The van der Waals surface area contributed by atoms with Crippen LogP contribution in [-0.2, 0) is 12.8 Å². The van der Waals surface area contributed by atoms with Crippen molar-refractivity contribution in [2.24, 2.45) is 0 Å². The molecule has 114 valence electrons. The van der Waals surface area contributed by atoms with Gasteiger partial charge in [0, 0.05) is 18.9 Å². The number of hydrogen-bond acceptors (Lipinski definition) is 3. The van der Waals surface area contributed by atoms with Crippen LogP contribution in [-0.4, -0.2) is 21.3 Å². The Balaban J connectivity index is 2.28. The first-order valence-corrected chi connectivity index (χ1v) is 8.01. The van der Waals surface area contributed by atoms with Gasteiger partial charge in [0.25, 0.3) is 0 Å². The van der Waals surface area contributed by atoms with Crippen LogP contribution in [0.2, 0.25) is 0 Å². The lowest BCUT2D eigenvalue weighted by Crippen LogP contribution is -2.20. The van der Waals surface area contributed by atoms with Crippen molar-refractivity contribution >= 4 is 0 Å². The molecule has 0 aliphatic carbocycles. The lowest BCUT2D eigenvalue weighted by molar-refractivity contribution is 0.537. The smallest absolute Gasteiger partial charge is 0.151 e. The summed E-state index contributed by atoms with van der Waals surface area (Å²) in [4.78, 5) is 4.57. The molecule has 4 nitrogen and oxygen atoms in total. The average Bonchev–Trinajstić information content (AvgIpc) is 2.96. The van der Waals surface area contributed by atoms with Crippen LogP contribution in [0, 0.1) is 0 Å². The van der Waals surface area contributed by atoms with E-state index < -0.39 is 0 Å². The SMILES string of the molecule is CCNC(CC)c1ccc(-n2nc(CC)nc2CC)cc1. The van der Waals surface area contributed by atoms with Gasteiger partial charge in [-0.15, -0.1) is 0 Å². The number of nitrogens with one attached hydrogen (secondary N) is 1. The molecule has 0 amide bonds. The highest BCUT2D eigenvalue weighted by Crippen LogP contribution is 2.19. The highest BCUT2D eigenvalue weighted by atomic mass is 15.3. The Bertz CT molecular complexity index is 557. The maximum atomic E-state index is 4.59. The number of benzene rings is 1. The van der Waals surface area contributed by atoms with E-state index in [1.807, 2.05) is 4.68 Å². The molecule has 1 aromatic heterocycles. The highest BCUT2D eigenvalue weighted by Gasteiger charge is 2.11. The third-order valence-electron chi connectivity index (χ3n) is 3.75. The average molecular weight is 286 g/mol. The van der Waals surface area contributed by atoms with E-state index in [9.17, 15) is 0 Å². The quantitative estimate of drug-likeness (QED) is 0.847. The fraction of sp³-hybridized carbons (Fsp3) is 0.529. The molecule has 0 saturated heterocycles. The van der Waals surface area contributed by atoms with Crippen molar-refractivity contribution in [3.05, 3.63) is 41.5 Å². The summed E-state index contributed by atoms with van der Waals surface area (Å²) in [6.45, 7) is 9.55. The summed E-state index contributed by atoms with van der Waals surface area (Å²) in [6.07, 6.45) is 2.86. The minimum absolute atomic E-state index is 0.427. The number of rotatable bonds is 7. The van der Waals surface area contributed by atoms with Gasteiger partial charge in [-0.2, -0.15) is 5.10 Å². The van der Waals surface area contributed by atoms with E-state index >= 15 is 0 Å². The van der Waals surface area contributed by atoms with E-state index in [0.29, 0.717) is 6.04 Å². The molecule has 1 heterocycles. The topological polar surface area (TPSA) is 42.7 Å². The highest BCUT2D eigenvalue weighted by molar-refractivity contribution is 5.36. The number of nitrogens with zero attached hydrogens (tertiary/aromatic N) is 3. The van der Waals surface area contributed by atoms with Gasteiger partial charge in [0.1, 0.15) is 5.82 Å². The molecule has 0 radical (unpaired) electrons. The Morgan fingerprint density at radius 2 is 1.76 bits per heavy atom. The van der Waals surface area contributed by atoms with Crippen LogP contribution in [0.15, 0.2) is 24.3 Å². The maximum Gasteiger partial charge on any atom is 0.151 e. The van der Waals surface area contributed by atoms with Crippen molar-refractivity contribution in [2.45, 2.75) is 53.0 Å². The van der Waals surface area contributed by atoms with E-state index in [1.54, 1.807) is 0 Å². The van der Waals surface area contributed by atoms with Crippen molar-refractivity contribution in [3.63, 3.8) is 0 Å². The summed E-state index contributed by atoms with van der Waals surface area (Å²) in [7, 11) is 0. The fourth-order valence-corrected chi connectivity index (χ4v) is 2.57. The molecule has 1 unspecified atom stereocenters. The number of hydrogen-bond donors (Lipinski definition) is 1. The van der Waals surface area contributed by atoms with Gasteiger partial charge in [-0.05, 0) is 30.7 Å². The molecule has 1 N–H and O–H groups in total. The zero-order chi connectivity index (χ0) is 15.2. The largest absolute Gasteiger partial charge is 0.310 e. The fourth-order valence-electron chi connectivity index (χ4n) is 2.57. The standard InChI is InChI=1S/C17H26N4/c1-5-15(18-8-4)13-9-11-14(12-10-13)21-17(7-3)19-16(6-2)20-21/h9-12,15,18H,5-8H2,1-4H3. The molecular formula is C17H26N4. The van der Waals surface area contributed by atoms with Gasteiger partial charge in [0.2, 0.25) is 0 Å². The minimum atomic E-state index is 0.427. The Morgan fingerprint density at radius 1 is 1.05 bits per heavy atom. The van der Waals surface area contributed by atoms with Gasteiger partial charge in [-0.25, -0.2) is 9.67 Å². The van der Waals surface area contributed by atoms with Crippen molar-refractivity contribution in [3.8, 4) is 5.69 Å². The van der Waals surface area contributed by atoms with Gasteiger partial charge < -0.3 is 5.32 Å². The molecule has 0 saturated carbocycles. The predicted octanol–water partition coefficient (Wildman–Crippen LogP) is 3.45. The third-order valence-corrected chi connectivity index (χ3v) is 3.75. The Morgan fingerprint density at radius 3 is 2.29 bits per heavy atom. The summed E-state index contributed by atoms with van der Waals surface area (Å²) < 4.78 is 1.97. The van der Waals surface area contributed by atoms with E-state index in [4.69, 9.17) is 0 Å². The first-order chi connectivity index (χ1) is 10.2. The summed E-state index contributed by atoms with van der Waals surface area (Å²) in [5.74, 6) is 1.94. The molecule has 2 aromatic rings. The lowest BCUT2D eigenvalue weighted by atomic mass is 10.0. The first-order valence-electron chi connectivity index (χ1n) is 8.01. The molecule has 0 bridgehead atoms. The molecule has 21 heavy (non-hydrogen) atoms. The van der Waals surface area contributed by atoms with E-state index in [1.165, 1.54) is 5.56 Å². The molecule has 0 fully saturated rings. The van der Waals surface area contributed by atoms with Gasteiger partial charge in [-0.1, -0.05) is 39.8 Å². The zero-order valence-electron chi connectivity index (χ0n) is 13.6. The lowest BCUT2D eigenvalue weighted by Gasteiger charge is -2.16.